The van der Waals surface area contributed by atoms with E-state index in [9.17, 15) is 9.59 Å². The van der Waals surface area contributed by atoms with Gasteiger partial charge in [-0.25, -0.2) is 4.90 Å². The summed E-state index contributed by atoms with van der Waals surface area (Å²) in [7, 11) is 1.88. The molecule has 0 radical (unpaired) electrons. The van der Waals surface area contributed by atoms with Gasteiger partial charge in [0.15, 0.2) is 0 Å². The Kier molecular flexibility index (Phi) is 5.14. The van der Waals surface area contributed by atoms with Crippen LogP contribution in [0.4, 0.5) is 5.69 Å². The molecule has 1 aliphatic rings. The van der Waals surface area contributed by atoms with Gasteiger partial charge in [0, 0.05) is 12.6 Å². The lowest BCUT2D eigenvalue weighted by Gasteiger charge is -2.23. The quantitative estimate of drug-likeness (QED) is 0.760. The van der Waals surface area contributed by atoms with Gasteiger partial charge >= 0.3 is 0 Å². The maximum atomic E-state index is 12.8. The van der Waals surface area contributed by atoms with Crippen molar-refractivity contribution in [1.29, 1.82) is 0 Å². The van der Waals surface area contributed by atoms with E-state index in [2.05, 4.69) is 0 Å². The zero-order valence-electron chi connectivity index (χ0n) is 14.5. The zero-order valence-corrected chi connectivity index (χ0v) is 14.5. The monoisotopic (exact) mass is 338 g/mol. The predicted octanol–water partition coefficient (Wildman–Crippen LogP) is 2.85. The van der Waals surface area contributed by atoms with Crippen LogP contribution in [-0.2, 0) is 16.1 Å². The van der Waals surface area contributed by atoms with Crippen LogP contribution in [0.3, 0.4) is 0 Å². The molecule has 1 aliphatic heterocycles. The minimum Gasteiger partial charge on any atom is -0.494 e. The molecule has 1 atom stereocenters. The first-order valence-corrected chi connectivity index (χ1v) is 8.44. The lowest BCUT2D eigenvalue weighted by atomic mass is 10.1. The molecule has 25 heavy (non-hydrogen) atoms. The highest BCUT2D eigenvalue weighted by atomic mass is 16.5. The SMILES string of the molecule is CCOc1cccc(N2C(=O)C[C@@H](N(C)Cc3ccccc3)C2=O)c1. The van der Waals surface area contributed by atoms with Crippen molar-refractivity contribution in [3.05, 3.63) is 60.2 Å². The number of hydrogen-bond donors (Lipinski definition) is 0. The molecular weight excluding hydrogens is 316 g/mol. The van der Waals surface area contributed by atoms with Crippen LogP contribution in [0.5, 0.6) is 5.75 Å². The Morgan fingerprint density at radius 1 is 1.12 bits per heavy atom. The summed E-state index contributed by atoms with van der Waals surface area (Å²) >= 11 is 0. The third-order valence-electron chi connectivity index (χ3n) is 4.32. The number of nitrogens with zero attached hydrogens (tertiary/aromatic N) is 2. The summed E-state index contributed by atoms with van der Waals surface area (Å²) in [4.78, 5) is 28.5. The number of benzene rings is 2. The Balaban J connectivity index is 1.77. The van der Waals surface area contributed by atoms with E-state index in [-0.39, 0.29) is 18.2 Å². The average Bonchev–Trinajstić information content (AvgIpc) is 2.91. The molecule has 0 bridgehead atoms. The van der Waals surface area contributed by atoms with Crippen LogP contribution in [0.2, 0.25) is 0 Å². The van der Waals surface area contributed by atoms with Crippen LogP contribution in [0.15, 0.2) is 54.6 Å². The topological polar surface area (TPSA) is 49.9 Å². The van der Waals surface area contributed by atoms with Crippen molar-refractivity contribution < 1.29 is 14.3 Å². The highest BCUT2D eigenvalue weighted by Gasteiger charge is 2.41. The lowest BCUT2D eigenvalue weighted by molar-refractivity contribution is -0.122. The fourth-order valence-corrected chi connectivity index (χ4v) is 3.09. The maximum absolute atomic E-state index is 12.8. The van der Waals surface area contributed by atoms with Crippen molar-refractivity contribution in [3.8, 4) is 5.75 Å². The number of anilines is 1. The molecule has 3 rings (SSSR count). The van der Waals surface area contributed by atoms with E-state index in [1.807, 2.05) is 55.3 Å². The van der Waals surface area contributed by atoms with E-state index in [1.165, 1.54) is 4.90 Å². The van der Waals surface area contributed by atoms with Crippen LogP contribution >= 0.6 is 0 Å². The molecule has 2 aromatic carbocycles. The Labute approximate surface area is 147 Å². The molecule has 2 aromatic rings. The van der Waals surface area contributed by atoms with E-state index >= 15 is 0 Å². The molecule has 1 saturated heterocycles. The second kappa shape index (κ2) is 7.49. The third kappa shape index (κ3) is 3.72. The van der Waals surface area contributed by atoms with Gasteiger partial charge in [0.05, 0.1) is 24.8 Å². The Morgan fingerprint density at radius 3 is 2.60 bits per heavy atom. The van der Waals surface area contributed by atoms with Gasteiger partial charge in [-0.15, -0.1) is 0 Å². The molecule has 0 aromatic heterocycles. The molecule has 0 N–H and O–H groups in total. The Morgan fingerprint density at radius 2 is 1.88 bits per heavy atom. The first-order chi connectivity index (χ1) is 12.1. The minimum absolute atomic E-state index is 0.177. The fraction of sp³-hybridized carbons (Fsp3) is 0.300. The van der Waals surface area contributed by atoms with Crippen LogP contribution in [-0.4, -0.2) is 36.4 Å². The van der Waals surface area contributed by atoms with Crippen molar-refractivity contribution in [2.24, 2.45) is 0 Å². The largest absolute Gasteiger partial charge is 0.494 e. The summed E-state index contributed by atoms with van der Waals surface area (Å²) in [5.74, 6) is 0.294. The van der Waals surface area contributed by atoms with E-state index in [4.69, 9.17) is 4.74 Å². The molecule has 2 amide bonds. The van der Waals surface area contributed by atoms with E-state index in [0.717, 1.165) is 5.56 Å². The highest BCUT2D eigenvalue weighted by molar-refractivity contribution is 6.22. The smallest absolute Gasteiger partial charge is 0.251 e. The molecule has 130 valence electrons. The van der Waals surface area contributed by atoms with Gasteiger partial charge in [-0.2, -0.15) is 0 Å². The number of hydrogen-bond acceptors (Lipinski definition) is 4. The number of rotatable bonds is 6. The number of carbonyl (C=O) groups is 2. The second-order valence-electron chi connectivity index (χ2n) is 6.12. The normalized spacial score (nSPS) is 17.4. The second-order valence-corrected chi connectivity index (χ2v) is 6.12. The van der Waals surface area contributed by atoms with Crippen molar-refractivity contribution >= 4 is 17.5 Å². The molecule has 5 nitrogen and oxygen atoms in total. The summed E-state index contributed by atoms with van der Waals surface area (Å²) in [5, 5.41) is 0. The number of likely N-dealkylation sites (N-methyl/N-ethyl adjacent to an activating group) is 1. The summed E-state index contributed by atoms with van der Waals surface area (Å²) in [5.41, 5.74) is 1.68. The Bertz CT molecular complexity index is 761. The maximum Gasteiger partial charge on any atom is 0.251 e. The van der Waals surface area contributed by atoms with Gasteiger partial charge in [0.2, 0.25) is 5.91 Å². The fourth-order valence-electron chi connectivity index (χ4n) is 3.09. The van der Waals surface area contributed by atoms with E-state index in [0.29, 0.717) is 24.6 Å². The van der Waals surface area contributed by atoms with Crippen molar-refractivity contribution in [2.75, 3.05) is 18.6 Å². The molecule has 1 fully saturated rings. The predicted molar refractivity (Wildman–Crippen MR) is 96.4 cm³/mol. The van der Waals surface area contributed by atoms with E-state index < -0.39 is 6.04 Å². The number of ether oxygens (including phenoxy) is 1. The van der Waals surface area contributed by atoms with Crippen molar-refractivity contribution in [1.82, 2.24) is 4.90 Å². The van der Waals surface area contributed by atoms with Crippen LogP contribution in [0.25, 0.3) is 0 Å². The van der Waals surface area contributed by atoms with Gasteiger partial charge < -0.3 is 4.74 Å². The first-order valence-electron chi connectivity index (χ1n) is 8.44. The highest BCUT2D eigenvalue weighted by Crippen LogP contribution is 2.28. The standard InChI is InChI=1S/C20H22N2O3/c1-3-25-17-11-7-10-16(12-17)22-19(23)13-18(20(22)24)21(2)14-15-8-5-4-6-9-15/h4-12,18H,3,13-14H2,1-2H3/t18-/m1/s1. The Hall–Kier alpha value is -2.66. The molecule has 0 aliphatic carbocycles. The van der Waals surface area contributed by atoms with Gasteiger partial charge in [0.1, 0.15) is 5.75 Å². The molecule has 0 saturated carbocycles. The lowest BCUT2D eigenvalue weighted by Crippen LogP contribution is -2.39. The van der Waals surface area contributed by atoms with E-state index in [1.54, 1.807) is 18.2 Å². The molecule has 5 heteroatoms. The number of amides is 2. The molecular formula is C20H22N2O3. The summed E-state index contributed by atoms with van der Waals surface area (Å²) in [6, 6.07) is 16.6. The number of imide groups is 1. The van der Waals surface area contributed by atoms with Gasteiger partial charge in [-0.05, 0) is 31.7 Å². The van der Waals surface area contributed by atoms with Gasteiger partial charge in [0.25, 0.3) is 5.91 Å². The van der Waals surface area contributed by atoms with Crippen molar-refractivity contribution in [3.63, 3.8) is 0 Å². The molecule has 1 heterocycles. The summed E-state index contributed by atoms with van der Waals surface area (Å²) in [6.07, 6.45) is 0.195. The van der Waals surface area contributed by atoms with Crippen LogP contribution in [0.1, 0.15) is 18.9 Å². The zero-order chi connectivity index (χ0) is 17.8. The van der Waals surface area contributed by atoms with Crippen molar-refractivity contribution in [2.45, 2.75) is 25.9 Å². The summed E-state index contributed by atoms with van der Waals surface area (Å²) < 4.78 is 5.47. The van der Waals surface area contributed by atoms with Crippen LogP contribution in [0, 0.1) is 0 Å². The number of carbonyl (C=O) groups excluding carboxylic acids is 2. The summed E-state index contributed by atoms with van der Waals surface area (Å²) in [6.45, 7) is 3.05. The molecule has 0 unspecified atom stereocenters. The van der Waals surface area contributed by atoms with Gasteiger partial charge in [-0.3, -0.25) is 14.5 Å². The minimum atomic E-state index is -0.441. The average molecular weight is 338 g/mol. The first kappa shape index (κ1) is 17.2. The van der Waals surface area contributed by atoms with Crippen LogP contribution < -0.4 is 9.64 Å². The molecule has 0 spiro atoms. The van der Waals surface area contributed by atoms with Gasteiger partial charge in [-0.1, -0.05) is 36.4 Å². The third-order valence-corrected chi connectivity index (χ3v) is 4.32.